The Labute approximate surface area is 139 Å². The lowest BCUT2D eigenvalue weighted by Gasteiger charge is -2.38. The Morgan fingerprint density at radius 2 is 1.78 bits per heavy atom. The quantitative estimate of drug-likeness (QED) is 0.878. The average molecular weight is 315 g/mol. The third-order valence-corrected chi connectivity index (χ3v) is 5.22. The molecule has 2 fully saturated rings. The summed E-state index contributed by atoms with van der Waals surface area (Å²) >= 11 is 0. The largest absolute Gasteiger partial charge is 0.374 e. The van der Waals surface area contributed by atoms with Gasteiger partial charge in [-0.3, -0.25) is 9.69 Å². The SMILES string of the molecule is CC(Nc1ccccc1)C(=O)NC1CCCCC1N1CCCC1. The summed E-state index contributed by atoms with van der Waals surface area (Å²) in [7, 11) is 0. The van der Waals surface area contributed by atoms with Crippen molar-refractivity contribution < 1.29 is 4.79 Å². The highest BCUT2D eigenvalue weighted by atomic mass is 16.2. The van der Waals surface area contributed by atoms with Crippen molar-refractivity contribution in [2.45, 2.75) is 63.6 Å². The van der Waals surface area contributed by atoms with Crippen molar-refractivity contribution in [3.8, 4) is 0 Å². The van der Waals surface area contributed by atoms with Crippen molar-refractivity contribution >= 4 is 11.6 Å². The number of hydrogen-bond acceptors (Lipinski definition) is 3. The minimum absolute atomic E-state index is 0.116. The van der Waals surface area contributed by atoms with Gasteiger partial charge in [0.25, 0.3) is 0 Å². The summed E-state index contributed by atoms with van der Waals surface area (Å²) in [4.78, 5) is 15.2. The second-order valence-electron chi connectivity index (χ2n) is 6.94. The van der Waals surface area contributed by atoms with E-state index in [1.165, 1.54) is 45.2 Å². The number of amides is 1. The molecular formula is C19H29N3O. The van der Waals surface area contributed by atoms with E-state index in [4.69, 9.17) is 0 Å². The third kappa shape index (κ3) is 4.25. The summed E-state index contributed by atoms with van der Waals surface area (Å²) in [5.41, 5.74) is 0.995. The van der Waals surface area contributed by atoms with E-state index < -0.39 is 0 Å². The molecule has 2 aliphatic rings. The van der Waals surface area contributed by atoms with Crippen LogP contribution in [0.3, 0.4) is 0 Å². The maximum Gasteiger partial charge on any atom is 0.242 e. The highest BCUT2D eigenvalue weighted by Crippen LogP contribution is 2.26. The molecule has 1 aliphatic heterocycles. The molecule has 1 aromatic carbocycles. The van der Waals surface area contributed by atoms with Crippen LogP contribution in [0.2, 0.25) is 0 Å². The normalized spacial score (nSPS) is 26.7. The fraction of sp³-hybridized carbons (Fsp3) is 0.632. The first kappa shape index (κ1) is 16.3. The van der Waals surface area contributed by atoms with Crippen molar-refractivity contribution in [3.05, 3.63) is 30.3 Å². The highest BCUT2D eigenvalue weighted by molar-refractivity contribution is 5.84. The number of likely N-dealkylation sites (tertiary alicyclic amines) is 1. The topological polar surface area (TPSA) is 44.4 Å². The average Bonchev–Trinajstić information content (AvgIpc) is 3.10. The molecule has 0 radical (unpaired) electrons. The molecule has 0 bridgehead atoms. The van der Waals surface area contributed by atoms with Gasteiger partial charge in [0.1, 0.15) is 6.04 Å². The first-order chi connectivity index (χ1) is 11.2. The van der Waals surface area contributed by atoms with E-state index in [-0.39, 0.29) is 11.9 Å². The molecule has 2 N–H and O–H groups in total. The molecule has 126 valence electrons. The first-order valence-electron chi connectivity index (χ1n) is 9.10. The van der Waals surface area contributed by atoms with Crippen molar-refractivity contribution in [2.75, 3.05) is 18.4 Å². The van der Waals surface area contributed by atoms with Gasteiger partial charge in [0.05, 0.1) is 0 Å². The van der Waals surface area contributed by atoms with Crippen LogP contribution < -0.4 is 10.6 Å². The number of para-hydroxylation sites is 1. The zero-order valence-electron chi connectivity index (χ0n) is 14.1. The molecule has 1 saturated heterocycles. The number of carbonyl (C=O) groups excluding carboxylic acids is 1. The Kier molecular flexibility index (Phi) is 5.55. The minimum atomic E-state index is -0.210. The van der Waals surface area contributed by atoms with E-state index in [1.807, 2.05) is 37.3 Å². The molecule has 3 rings (SSSR count). The number of anilines is 1. The first-order valence-corrected chi connectivity index (χ1v) is 9.10. The zero-order chi connectivity index (χ0) is 16.1. The van der Waals surface area contributed by atoms with Crippen LogP contribution in [0.4, 0.5) is 5.69 Å². The van der Waals surface area contributed by atoms with Gasteiger partial charge in [0.2, 0.25) is 5.91 Å². The van der Waals surface area contributed by atoms with E-state index in [2.05, 4.69) is 15.5 Å². The van der Waals surface area contributed by atoms with Crippen molar-refractivity contribution in [3.63, 3.8) is 0 Å². The van der Waals surface area contributed by atoms with E-state index in [9.17, 15) is 4.79 Å². The molecule has 1 aliphatic carbocycles. The molecule has 4 heteroatoms. The van der Waals surface area contributed by atoms with Crippen LogP contribution in [-0.4, -0.2) is 42.0 Å². The number of benzene rings is 1. The molecule has 0 aromatic heterocycles. The maximum absolute atomic E-state index is 12.6. The molecule has 0 spiro atoms. The lowest BCUT2D eigenvalue weighted by atomic mass is 9.89. The monoisotopic (exact) mass is 315 g/mol. The molecule has 1 aromatic rings. The number of carbonyl (C=O) groups is 1. The Bertz CT molecular complexity index is 499. The van der Waals surface area contributed by atoms with Crippen LogP contribution in [0.25, 0.3) is 0 Å². The minimum Gasteiger partial charge on any atom is -0.374 e. The zero-order valence-corrected chi connectivity index (χ0v) is 14.1. The third-order valence-electron chi connectivity index (χ3n) is 5.22. The summed E-state index contributed by atoms with van der Waals surface area (Å²) in [6.45, 7) is 4.35. The van der Waals surface area contributed by atoms with Gasteiger partial charge in [-0.2, -0.15) is 0 Å². The van der Waals surface area contributed by atoms with Crippen LogP contribution in [0.1, 0.15) is 45.4 Å². The molecule has 1 heterocycles. The van der Waals surface area contributed by atoms with Crippen LogP contribution in [-0.2, 0) is 4.79 Å². The summed E-state index contributed by atoms with van der Waals surface area (Å²) in [6, 6.07) is 10.6. The fourth-order valence-corrected chi connectivity index (χ4v) is 3.95. The van der Waals surface area contributed by atoms with Crippen LogP contribution >= 0.6 is 0 Å². The molecule has 3 unspecified atom stereocenters. The molecule has 1 saturated carbocycles. The lowest BCUT2D eigenvalue weighted by molar-refractivity contribution is -0.123. The Hall–Kier alpha value is -1.55. The predicted molar refractivity (Wildman–Crippen MR) is 94.5 cm³/mol. The predicted octanol–water partition coefficient (Wildman–Crippen LogP) is 3.01. The van der Waals surface area contributed by atoms with E-state index >= 15 is 0 Å². The number of nitrogens with zero attached hydrogens (tertiary/aromatic N) is 1. The van der Waals surface area contributed by atoms with Gasteiger partial charge in [-0.05, 0) is 57.8 Å². The van der Waals surface area contributed by atoms with Crippen LogP contribution in [0, 0.1) is 0 Å². The molecular weight excluding hydrogens is 286 g/mol. The summed E-state index contributed by atoms with van der Waals surface area (Å²) < 4.78 is 0. The summed E-state index contributed by atoms with van der Waals surface area (Å²) in [5.74, 6) is 0.116. The second kappa shape index (κ2) is 7.82. The fourth-order valence-electron chi connectivity index (χ4n) is 3.95. The standard InChI is InChI=1S/C19H29N3O/c1-15(20-16-9-3-2-4-10-16)19(23)21-17-11-5-6-12-18(17)22-13-7-8-14-22/h2-4,9-10,15,17-18,20H,5-8,11-14H2,1H3,(H,21,23). The van der Waals surface area contributed by atoms with E-state index in [0.29, 0.717) is 12.1 Å². The summed E-state index contributed by atoms with van der Waals surface area (Å²) in [6.07, 6.45) is 7.49. The summed E-state index contributed by atoms with van der Waals surface area (Å²) in [5, 5.41) is 6.61. The van der Waals surface area contributed by atoms with E-state index in [0.717, 1.165) is 12.1 Å². The number of hydrogen-bond donors (Lipinski definition) is 2. The Balaban J connectivity index is 1.56. The van der Waals surface area contributed by atoms with Gasteiger partial charge in [-0.25, -0.2) is 0 Å². The van der Waals surface area contributed by atoms with Gasteiger partial charge >= 0.3 is 0 Å². The number of nitrogens with one attached hydrogen (secondary N) is 2. The van der Waals surface area contributed by atoms with Gasteiger partial charge in [0, 0.05) is 17.8 Å². The van der Waals surface area contributed by atoms with Crippen LogP contribution in [0.15, 0.2) is 30.3 Å². The van der Waals surface area contributed by atoms with Gasteiger partial charge in [-0.15, -0.1) is 0 Å². The van der Waals surface area contributed by atoms with Gasteiger partial charge in [0.15, 0.2) is 0 Å². The Morgan fingerprint density at radius 3 is 2.52 bits per heavy atom. The molecule has 1 amide bonds. The molecule has 4 nitrogen and oxygen atoms in total. The van der Waals surface area contributed by atoms with Crippen molar-refractivity contribution in [1.29, 1.82) is 0 Å². The highest BCUT2D eigenvalue weighted by Gasteiger charge is 2.33. The van der Waals surface area contributed by atoms with Crippen molar-refractivity contribution in [1.82, 2.24) is 10.2 Å². The van der Waals surface area contributed by atoms with Crippen molar-refractivity contribution in [2.24, 2.45) is 0 Å². The molecule has 23 heavy (non-hydrogen) atoms. The van der Waals surface area contributed by atoms with E-state index in [1.54, 1.807) is 0 Å². The van der Waals surface area contributed by atoms with Crippen LogP contribution in [0.5, 0.6) is 0 Å². The Morgan fingerprint density at radius 1 is 1.09 bits per heavy atom. The smallest absolute Gasteiger partial charge is 0.242 e. The number of rotatable bonds is 5. The lowest BCUT2D eigenvalue weighted by Crippen LogP contribution is -2.54. The maximum atomic E-state index is 12.6. The second-order valence-corrected chi connectivity index (χ2v) is 6.94. The van der Waals surface area contributed by atoms with Gasteiger partial charge < -0.3 is 10.6 Å². The molecule has 3 atom stereocenters. The van der Waals surface area contributed by atoms with Gasteiger partial charge in [-0.1, -0.05) is 31.0 Å².